The molecule has 0 aliphatic rings. The van der Waals surface area contributed by atoms with E-state index in [0.29, 0.717) is 0 Å². The molecule has 0 fully saturated rings. The van der Waals surface area contributed by atoms with Crippen molar-refractivity contribution in [2.75, 3.05) is 0 Å². The number of hydrogen-bond acceptors (Lipinski definition) is 1. The van der Waals surface area contributed by atoms with E-state index >= 15 is 0 Å². The molecular weight excluding hydrogens is 182 g/mol. The van der Waals surface area contributed by atoms with Crippen LogP contribution in [0.4, 0.5) is 0 Å². The molecule has 0 saturated carbocycles. The topological polar surface area (TPSA) is 12.9 Å². The third-order valence-electron chi connectivity index (χ3n) is 2.61. The zero-order valence-corrected chi connectivity index (χ0v) is 8.95. The standard InChI is InChI=1S/C14H16N/c1-2-3-4-7-12-10-13-8-5-6-9-14(13)15-11-12/h5-6,8-11H,1-4,7H2. The van der Waals surface area contributed by atoms with Gasteiger partial charge in [-0.2, -0.15) is 0 Å². The molecule has 15 heavy (non-hydrogen) atoms. The molecule has 0 amide bonds. The second kappa shape index (κ2) is 4.92. The fourth-order valence-electron chi connectivity index (χ4n) is 1.76. The van der Waals surface area contributed by atoms with Crippen molar-refractivity contribution in [3.05, 3.63) is 49.0 Å². The van der Waals surface area contributed by atoms with Gasteiger partial charge in [0.15, 0.2) is 0 Å². The lowest BCUT2D eigenvalue weighted by atomic mass is 10.1. The van der Waals surface area contributed by atoms with Crippen molar-refractivity contribution in [1.29, 1.82) is 0 Å². The van der Waals surface area contributed by atoms with Crippen molar-refractivity contribution >= 4 is 10.9 Å². The molecule has 1 aromatic heterocycles. The summed E-state index contributed by atoms with van der Waals surface area (Å²) in [5, 5.41) is 1.24. The van der Waals surface area contributed by atoms with Crippen LogP contribution in [0.1, 0.15) is 24.8 Å². The van der Waals surface area contributed by atoms with Gasteiger partial charge in [0, 0.05) is 11.6 Å². The first kappa shape index (κ1) is 10.2. The van der Waals surface area contributed by atoms with E-state index in [1.807, 2.05) is 12.3 Å². The van der Waals surface area contributed by atoms with Gasteiger partial charge in [-0.1, -0.05) is 38.0 Å². The number of para-hydroxylation sites is 1. The molecule has 1 aromatic carbocycles. The summed E-state index contributed by atoms with van der Waals surface area (Å²) in [6, 6.07) is 10.5. The lowest BCUT2D eigenvalue weighted by Crippen LogP contribution is -1.88. The number of aromatic nitrogens is 1. The molecule has 77 valence electrons. The van der Waals surface area contributed by atoms with Gasteiger partial charge in [-0.15, -0.1) is 0 Å². The summed E-state index contributed by atoms with van der Waals surface area (Å²) in [5.41, 5.74) is 2.42. The summed E-state index contributed by atoms with van der Waals surface area (Å²) in [5.74, 6) is 0. The Bertz CT molecular complexity index is 434. The van der Waals surface area contributed by atoms with Gasteiger partial charge in [0.1, 0.15) is 0 Å². The molecule has 2 rings (SSSR count). The van der Waals surface area contributed by atoms with Crippen LogP contribution in [0.15, 0.2) is 36.5 Å². The van der Waals surface area contributed by atoms with E-state index in [1.54, 1.807) is 0 Å². The lowest BCUT2D eigenvalue weighted by Gasteiger charge is -2.02. The molecule has 0 atom stereocenters. The quantitative estimate of drug-likeness (QED) is 0.681. The number of pyridine rings is 1. The van der Waals surface area contributed by atoms with E-state index in [-0.39, 0.29) is 0 Å². The molecule has 0 bridgehead atoms. The molecule has 2 aromatic rings. The van der Waals surface area contributed by atoms with Gasteiger partial charge >= 0.3 is 0 Å². The van der Waals surface area contributed by atoms with E-state index in [1.165, 1.54) is 23.8 Å². The molecule has 1 heterocycles. The predicted octanol–water partition coefficient (Wildman–Crippen LogP) is 3.78. The minimum atomic E-state index is 1.03. The molecule has 1 heteroatoms. The first-order valence-electron chi connectivity index (χ1n) is 5.53. The molecule has 0 spiro atoms. The molecule has 1 nitrogen and oxygen atoms in total. The maximum absolute atomic E-state index is 4.44. The minimum Gasteiger partial charge on any atom is -0.256 e. The number of rotatable bonds is 4. The van der Waals surface area contributed by atoms with Gasteiger partial charge in [0.2, 0.25) is 0 Å². The Labute approximate surface area is 91.2 Å². The second-order valence-electron chi connectivity index (χ2n) is 3.85. The van der Waals surface area contributed by atoms with Crippen LogP contribution >= 0.6 is 0 Å². The molecule has 0 saturated heterocycles. The summed E-state index contributed by atoms with van der Waals surface area (Å²) in [6.45, 7) is 3.85. The molecule has 1 radical (unpaired) electrons. The van der Waals surface area contributed by atoms with Gasteiger partial charge in [0.05, 0.1) is 5.52 Å². The summed E-state index contributed by atoms with van der Waals surface area (Å²) in [4.78, 5) is 4.44. The highest BCUT2D eigenvalue weighted by molar-refractivity contribution is 5.78. The van der Waals surface area contributed by atoms with Crippen molar-refractivity contribution in [2.45, 2.75) is 25.7 Å². The Balaban J connectivity index is 2.16. The summed E-state index contributed by atoms with van der Waals surface area (Å²) < 4.78 is 0. The number of unbranched alkanes of at least 4 members (excludes halogenated alkanes) is 2. The molecular formula is C14H16N. The first-order chi connectivity index (χ1) is 7.40. The highest BCUT2D eigenvalue weighted by Gasteiger charge is 1.96. The monoisotopic (exact) mass is 198 g/mol. The van der Waals surface area contributed by atoms with Gasteiger partial charge < -0.3 is 0 Å². The van der Waals surface area contributed by atoms with Crippen molar-refractivity contribution in [2.24, 2.45) is 0 Å². The largest absolute Gasteiger partial charge is 0.256 e. The number of hydrogen-bond donors (Lipinski definition) is 0. The number of aryl methyl sites for hydroxylation is 1. The SMILES string of the molecule is [CH2]CCCCc1cnc2ccccc2c1. The van der Waals surface area contributed by atoms with Crippen LogP contribution in [0.5, 0.6) is 0 Å². The van der Waals surface area contributed by atoms with Crippen LogP contribution in [0.25, 0.3) is 10.9 Å². The van der Waals surface area contributed by atoms with Gasteiger partial charge in [-0.3, -0.25) is 4.98 Å². The number of fused-ring (bicyclic) bond motifs is 1. The van der Waals surface area contributed by atoms with E-state index in [9.17, 15) is 0 Å². The third-order valence-corrected chi connectivity index (χ3v) is 2.61. The van der Waals surface area contributed by atoms with Crippen LogP contribution in [-0.4, -0.2) is 4.98 Å². The molecule has 0 unspecified atom stereocenters. The van der Waals surface area contributed by atoms with Crippen molar-refractivity contribution in [3.8, 4) is 0 Å². The van der Waals surface area contributed by atoms with Gasteiger partial charge in [-0.25, -0.2) is 0 Å². The average molecular weight is 198 g/mol. The van der Waals surface area contributed by atoms with Crippen molar-refractivity contribution in [3.63, 3.8) is 0 Å². The van der Waals surface area contributed by atoms with E-state index in [2.05, 4.69) is 36.2 Å². The zero-order chi connectivity index (χ0) is 10.5. The summed E-state index contributed by atoms with van der Waals surface area (Å²) in [7, 11) is 0. The van der Waals surface area contributed by atoms with Crippen molar-refractivity contribution < 1.29 is 0 Å². The number of benzene rings is 1. The Hall–Kier alpha value is -1.37. The Morgan fingerprint density at radius 1 is 1.13 bits per heavy atom. The maximum Gasteiger partial charge on any atom is 0.0702 e. The van der Waals surface area contributed by atoms with Crippen LogP contribution in [0.2, 0.25) is 0 Å². The Morgan fingerprint density at radius 3 is 2.87 bits per heavy atom. The third kappa shape index (κ3) is 2.56. The zero-order valence-electron chi connectivity index (χ0n) is 8.95. The van der Waals surface area contributed by atoms with Crippen LogP contribution in [-0.2, 0) is 6.42 Å². The fourth-order valence-corrected chi connectivity index (χ4v) is 1.76. The minimum absolute atomic E-state index is 1.03. The fraction of sp³-hybridized carbons (Fsp3) is 0.286. The molecule has 0 N–H and O–H groups in total. The Kier molecular flexibility index (Phi) is 3.33. The predicted molar refractivity (Wildman–Crippen MR) is 64.7 cm³/mol. The smallest absolute Gasteiger partial charge is 0.0702 e. The van der Waals surface area contributed by atoms with Crippen LogP contribution in [0.3, 0.4) is 0 Å². The van der Waals surface area contributed by atoms with Crippen molar-refractivity contribution in [1.82, 2.24) is 4.98 Å². The van der Waals surface area contributed by atoms with Crippen LogP contribution in [0, 0.1) is 6.92 Å². The summed E-state index contributed by atoms with van der Waals surface area (Å²) in [6.07, 6.45) is 6.55. The second-order valence-corrected chi connectivity index (χ2v) is 3.85. The molecule has 0 aliphatic carbocycles. The Morgan fingerprint density at radius 2 is 2.00 bits per heavy atom. The van der Waals surface area contributed by atoms with Crippen LogP contribution < -0.4 is 0 Å². The highest BCUT2D eigenvalue weighted by Crippen LogP contribution is 2.14. The first-order valence-corrected chi connectivity index (χ1v) is 5.53. The van der Waals surface area contributed by atoms with Gasteiger partial charge in [-0.05, 0) is 30.5 Å². The maximum atomic E-state index is 4.44. The average Bonchev–Trinajstić information content (AvgIpc) is 2.29. The highest BCUT2D eigenvalue weighted by atomic mass is 14.6. The van der Waals surface area contributed by atoms with E-state index in [4.69, 9.17) is 0 Å². The van der Waals surface area contributed by atoms with E-state index in [0.717, 1.165) is 18.4 Å². The normalized spacial score (nSPS) is 10.7. The van der Waals surface area contributed by atoms with E-state index < -0.39 is 0 Å². The molecule has 0 aliphatic heterocycles. The number of nitrogens with zero attached hydrogens (tertiary/aromatic N) is 1. The summed E-state index contributed by atoms with van der Waals surface area (Å²) >= 11 is 0. The van der Waals surface area contributed by atoms with Gasteiger partial charge in [0.25, 0.3) is 0 Å². The lowest BCUT2D eigenvalue weighted by molar-refractivity contribution is 0.745.